The van der Waals surface area contributed by atoms with E-state index < -0.39 is 11.9 Å². The zero-order valence-electron chi connectivity index (χ0n) is 22.7. The Morgan fingerprint density at radius 3 is 2.67 bits per heavy atom. The number of aromatic nitrogens is 2. The van der Waals surface area contributed by atoms with Crippen molar-refractivity contribution in [2.24, 2.45) is 0 Å². The number of aliphatic hydroxyl groups excluding tert-OH is 1. The van der Waals surface area contributed by atoms with E-state index in [0.29, 0.717) is 48.8 Å². The zero-order chi connectivity index (χ0) is 26.7. The Morgan fingerprint density at radius 2 is 1.90 bits per heavy atom. The van der Waals surface area contributed by atoms with E-state index in [1.807, 2.05) is 42.2 Å². The lowest BCUT2D eigenvalue weighted by atomic mass is 9.95. The van der Waals surface area contributed by atoms with Crippen molar-refractivity contribution in [3.05, 3.63) is 47.3 Å². The second-order valence-electron chi connectivity index (χ2n) is 11.8. The predicted molar refractivity (Wildman–Crippen MR) is 151 cm³/mol. The van der Waals surface area contributed by atoms with Gasteiger partial charge >= 0.3 is 6.01 Å². The smallest absolute Gasteiger partial charge is 0.319 e. The molecule has 2 bridgehead atoms. The summed E-state index contributed by atoms with van der Waals surface area (Å²) in [7, 11) is 2.11. The van der Waals surface area contributed by atoms with E-state index >= 15 is 4.39 Å². The molecule has 206 valence electrons. The van der Waals surface area contributed by atoms with E-state index in [1.54, 1.807) is 0 Å². The Labute approximate surface area is 228 Å². The number of nitrogens with zero attached hydrogens (tertiary/aromatic N) is 5. The van der Waals surface area contributed by atoms with Crippen LogP contribution in [0, 0.1) is 12.7 Å². The van der Waals surface area contributed by atoms with Gasteiger partial charge in [0.1, 0.15) is 17.9 Å². The molecule has 9 heteroatoms. The molecule has 4 aliphatic heterocycles. The summed E-state index contributed by atoms with van der Waals surface area (Å²) in [6, 6.07) is 11.2. The molecule has 3 aromatic rings. The quantitative estimate of drug-likeness (QED) is 0.517. The summed E-state index contributed by atoms with van der Waals surface area (Å²) in [5.74, 6) is 0.342. The summed E-state index contributed by atoms with van der Waals surface area (Å²) in [6.07, 6.45) is 4.51. The highest BCUT2D eigenvalue weighted by Crippen LogP contribution is 2.41. The van der Waals surface area contributed by atoms with Crippen LogP contribution < -0.4 is 19.9 Å². The average molecular weight is 533 g/mol. The van der Waals surface area contributed by atoms with E-state index in [4.69, 9.17) is 9.72 Å². The van der Waals surface area contributed by atoms with Gasteiger partial charge in [-0.05, 0) is 69.5 Å². The number of ether oxygens (including phenoxy) is 1. The predicted octanol–water partition coefficient (Wildman–Crippen LogP) is 3.55. The van der Waals surface area contributed by atoms with Crippen molar-refractivity contribution in [2.45, 2.75) is 63.3 Å². The van der Waals surface area contributed by atoms with E-state index in [9.17, 15) is 5.11 Å². The second kappa shape index (κ2) is 9.87. The van der Waals surface area contributed by atoms with Crippen molar-refractivity contribution in [1.82, 2.24) is 20.2 Å². The lowest BCUT2D eigenvalue weighted by Gasteiger charge is -2.36. The summed E-state index contributed by atoms with van der Waals surface area (Å²) in [5, 5.41) is 15.0. The number of aryl methyl sites for hydroxylation is 1. The van der Waals surface area contributed by atoms with Gasteiger partial charge in [-0.15, -0.1) is 0 Å². The van der Waals surface area contributed by atoms with Crippen molar-refractivity contribution in [3.8, 4) is 6.01 Å². The molecular formula is C30H37FN6O2. The van der Waals surface area contributed by atoms with E-state index in [0.717, 1.165) is 67.9 Å². The molecule has 2 N–H and O–H groups in total. The number of nitrogens with one attached hydrogen (secondary N) is 1. The molecule has 0 saturated carbocycles. The maximum Gasteiger partial charge on any atom is 0.319 e. The van der Waals surface area contributed by atoms with Crippen molar-refractivity contribution in [2.75, 3.05) is 49.6 Å². The third-order valence-electron chi connectivity index (χ3n) is 9.07. The van der Waals surface area contributed by atoms with Crippen molar-refractivity contribution in [1.29, 1.82) is 0 Å². The van der Waals surface area contributed by atoms with E-state index in [-0.39, 0.29) is 11.5 Å². The van der Waals surface area contributed by atoms with Gasteiger partial charge in [0.25, 0.3) is 0 Å². The monoisotopic (exact) mass is 532 g/mol. The molecular weight excluding hydrogens is 495 g/mol. The van der Waals surface area contributed by atoms with Crippen LogP contribution in [0.25, 0.3) is 10.9 Å². The van der Waals surface area contributed by atoms with Gasteiger partial charge in [0.15, 0.2) is 5.82 Å². The molecule has 3 saturated heterocycles. The van der Waals surface area contributed by atoms with Gasteiger partial charge in [-0.2, -0.15) is 9.97 Å². The summed E-state index contributed by atoms with van der Waals surface area (Å²) in [6.45, 7) is 5.58. The fraction of sp³-hybridized carbons (Fsp3) is 0.533. The molecule has 4 aliphatic rings. The summed E-state index contributed by atoms with van der Waals surface area (Å²) in [4.78, 5) is 16.0. The number of para-hydroxylation sites is 1. The molecule has 5 heterocycles. The van der Waals surface area contributed by atoms with Crippen LogP contribution in [0.5, 0.6) is 6.01 Å². The lowest BCUT2D eigenvalue weighted by Crippen LogP contribution is -2.51. The number of likely N-dealkylation sites (tertiary alicyclic amines) is 1. The number of anilines is 3. The number of piperazine rings is 1. The van der Waals surface area contributed by atoms with Gasteiger partial charge in [0.2, 0.25) is 0 Å². The highest BCUT2D eigenvalue weighted by Gasteiger charge is 2.35. The van der Waals surface area contributed by atoms with Gasteiger partial charge in [0.05, 0.1) is 11.8 Å². The number of benzene rings is 2. The number of hydrogen-bond donors (Lipinski definition) is 2. The van der Waals surface area contributed by atoms with Crippen molar-refractivity contribution >= 4 is 28.1 Å². The minimum atomic E-state index is -0.575. The fourth-order valence-electron chi connectivity index (χ4n) is 7.07. The van der Waals surface area contributed by atoms with Crippen LogP contribution in [0.2, 0.25) is 0 Å². The molecule has 39 heavy (non-hydrogen) atoms. The molecule has 8 nitrogen and oxygen atoms in total. The lowest BCUT2D eigenvalue weighted by molar-refractivity contribution is 0.178. The zero-order valence-corrected chi connectivity index (χ0v) is 22.7. The van der Waals surface area contributed by atoms with Gasteiger partial charge < -0.3 is 29.9 Å². The third kappa shape index (κ3) is 4.50. The SMILES string of the molecule is Cc1cccc2c1N(c1ccc3c(N4C[C@H]5CC[C@@H](C4)N5)nc(OC[C@@H]4CCCN4C)nc3c1F)CC(O)C2. The number of likely N-dealkylation sites (N-methyl/N-ethyl adjacent to an activating group) is 1. The number of hydrogen-bond acceptors (Lipinski definition) is 8. The van der Waals surface area contributed by atoms with Crippen LogP contribution in [0.3, 0.4) is 0 Å². The summed E-state index contributed by atoms with van der Waals surface area (Å²) < 4.78 is 22.8. The van der Waals surface area contributed by atoms with Gasteiger partial charge in [-0.3, -0.25) is 0 Å². The van der Waals surface area contributed by atoms with Gasteiger partial charge in [0, 0.05) is 55.3 Å². The van der Waals surface area contributed by atoms with Crippen LogP contribution in [-0.2, 0) is 6.42 Å². The molecule has 2 aromatic carbocycles. The number of halogens is 1. The number of rotatable bonds is 5. The largest absolute Gasteiger partial charge is 0.462 e. The van der Waals surface area contributed by atoms with Crippen LogP contribution in [-0.4, -0.2) is 84.0 Å². The summed E-state index contributed by atoms with van der Waals surface area (Å²) in [5.41, 5.74) is 3.74. The van der Waals surface area contributed by atoms with Crippen LogP contribution in [0.1, 0.15) is 36.8 Å². The van der Waals surface area contributed by atoms with Gasteiger partial charge in [-0.25, -0.2) is 4.39 Å². The van der Waals surface area contributed by atoms with Crippen LogP contribution in [0.4, 0.5) is 21.6 Å². The molecule has 0 aliphatic carbocycles. The maximum absolute atomic E-state index is 16.6. The highest BCUT2D eigenvalue weighted by atomic mass is 19.1. The standard InChI is InChI=1S/C30H37FN6O2/c1-18-5-3-6-19-13-23(38)16-37(28(18)19)25-11-10-24-27(26(25)31)33-30(39-17-22-7-4-12-35(22)2)34-29(24)36-14-20-8-9-21(15-36)32-20/h3,5-6,10-11,20-23,32,38H,4,7-9,12-17H2,1-2H3/t20-,21+,22-,23?/m0/s1. The molecule has 0 radical (unpaired) electrons. The Morgan fingerprint density at radius 1 is 1.08 bits per heavy atom. The van der Waals surface area contributed by atoms with Crippen LogP contribution >= 0.6 is 0 Å². The third-order valence-corrected chi connectivity index (χ3v) is 9.07. The fourth-order valence-corrected chi connectivity index (χ4v) is 7.07. The summed E-state index contributed by atoms with van der Waals surface area (Å²) >= 11 is 0. The molecule has 0 amide bonds. The molecule has 1 aromatic heterocycles. The first kappa shape index (κ1) is 25.0. The molecule has 0 spiro atoms. The van der Waals surface area contributed by atoms with E-state index in [2.05, 4.69) is 27.1 Å². The Kier molecular flexibility index (Phi) is 6.33. The molecule has 7 rings (SSSR count). The van der Waals surface area contributed by atoms with Crippen molar-refractivity contribution < 1.29 is 14.2 Å². The maximum atomic E-state index is 16.6. The minimum absolute atomic E-state index is 0.231. The Bertz CT molecular complexity index is 1390. The number of aliphatic hydroxyl groups is 1. The Hall–Kier alpha value is -3.01. The second-order valence-corrected chi connectivity index (χ2v) is 11.8. The van der Waals surface area contributed by atoms with Gasteiger partial charge in [-0.1, -0.05) is 18.2 Å². The molecule has 3 fully saturated rings. The number of β-amino-alcohol motifs (C(OH)–C–C–N with tert-alkyl or cyclic N) is 1. The van der Waals surface area contributed by atoms with Crippen LogP contribution in [0.15, 0.2) is 30.3 Å². The first-order chi connectivity index (χ1) is 18.9. The van der Waals surface area contributed by atoms with E-state index in [1.165, 1.54) is 0 Å². The number of fused-ring (bicyclic) bond motifs is 4. The first-order valence-corrected chi connectivity index (χ1v) is 14.3. The molecule has 1 unspecified atom stereocenters. The molecule has 4 atom stereocenters. The normalized spacial score (nSPS) is 26.9. The first-order valence-electron chi connectivity index (χ1n) is 14.3. The highest BCUT2D eigenvalue weighted by molar-refractivity contribution is 5.93. The average Bonchev–Trinajstić information content (AvgIpc) is 3.50. The topological polar surface area (TPSA) is 77.0 Å². The van der Waals surface area contributed by atoms with Crippen molar-refractivity contribution in [3.63, 3.8) is 0 Å². The minimum Gasteiger partial charge on any atom is -0.462 e. The Balaban J connectivity index is 1.32.